The van der Waals surface area contributed by atoms with Gasteiger partial charge < -0.3 is 0 Å². The summed E-state index contributed by atoms with van der Waals surface area (Å²) in [4.78, 5) is 2.32. The van der Waals surface area contributed by atoms with Crippen molar-refractivity contribution in [2.75, 3.05) is 15.0 Å². The van der Waals surface area contributed by atoms with Crippen molar-refractivity contribution >= 4 is 40.1 Å². The van der Waals surface area contributed by atoms with Crippen LogP contribution in [0.15, 0.2) is 96.1 Å². The Morgan fingerprint density at radius 3 is 1.94 bits per heavy atom. The number of para-hydroxylation sites is 3. The average molecular weight is 426 g/mol. The summed E-state index contributed by atoms with van der Waals surface area (Å²) in [6.45, 7) is 0. The van der Waals surface area contributed by atoms with Crippen molar-refractivity contribution < 1.29 is 0 Å². The zero-order valence-corrected chi connectivity index (χ0v) is 17.9. The first-order chi connectivity index (χ1) is 15.3. The fourth-order valence-electron chi connectivity index (χ4n) is 5.00. The second-order valence-corrected chi connectivity index (χ2v) is 8.45. The maximum absolute atomic E-state index is 6.17. The molecule has 3 aromatic carbocycles. The van der Waals surface area contributed by atoms with Gasteiger partial charge in [0.1, 0.15) is 0 Å². The van der Waals surface area contributed by atoms with E-state index in [1.54, 1.807) is 0 Å². The maximum Gasteiger partial charge on any atom is 0.199 e. The molecule has 1 spiro atoms. The van der Waals surface area contributed by atoms with Crippen LogP contribution in [0, 0.1) is 0 Å². The number of hydrazone groups is 1. The van der Waals surface area contributed by atoms with Gasteiger partial charge >= 0.3 is 0 Å². The maximum atomic E-state index is 6.17. The van der Waals surface area contributed by atoms with Gasteiger partial charge in [-0.15, -0.1) is 0 Å². The van der Waals surface area contributed by atoms with Gasteiger partial charge in [-0.25, -0.2) is 5.01 Å². The number of benzene rings is 3. The number of thiocarbonyl (C=S) groups is 1. The lowest BCUT2D eigenvalue weighted by molar-refractivity contribution is 0.173. The summed E-state index contributed by atoms with van der Waals surface area (Å²) in [7, 11) is 0. The molecule has 0 amide bonds. The summed E-state index contributed by atoms with van der Waals surface area (Å²) in [6.07, 6.45) is 4.21. The summed E-state index contributed by atoms with van der Waals surface area (Å²) in [6, 6.07) is 31.2. The van der Waals surface area contributed by atoms with Crippen LogP contribution in [0.25, 0.3) is 0 Å². The Morgan fingerprint density at radius 1 is 0.710 bits per heavy atom. The first-order valence-electron chi connectivity index (χ1n) is 10.8. The predicted octanol–water partition coefficient (Wildman–Crippen LogP) is 5.58. The molecule has 1 atom stereocenters. The van der Waals surface area contributed by atoms with Gasteiger partial charge in [0, 0.05) is 5.69 Å². The Hall–Kier alpha value is -3.22. The molecule has 2 fully saturated rings. The second kappa shape index (κ2) is 7.18. The van der Waals surface area contributed by atoms with Gasteiger partial charge in [0.2, 0.25) is 0 Å². The van der Waals surface area contributed by atoms with Crippen LogP contribution in [0.5, 0.6) is 0 Å². The largest absolute Gasteiger partial charge is 0.289 e. The summed E-state index contributed by atoms with van der Waals surface area (Å²) >= 11 is 6.17. The van der Waals surface area contributed by atoms with Gasteiger partial charge in [-0.05, 0) is 74.3 Å². The minimum absolute atomic E-state index is 0.428. The van der Waals surface area contributed by atoms with Crippen LogP contribution in [0.1, 0.15) is 25.7 Å². The molecule has 1 aliphatic carbocycles. The van der Waals surface area contributed by atoms with Crippen molar-refractivity contribution in [3.63, 3.8) is 0 Å². The molecular formula is C25H23N5S. The summed E-state index contributed by atoms with van der Waals surface area (Å²) < 4.78 is 0. The van der Waals surface area contributed by atoms with E-state index in [0.29, 0.717) is 0 Å². The van der Waals surface area contributed by atoms with Crippen LogP contribution in [0.3, 0.4) is 0 Å². The molecule has 1 unspecified atom stereocenters. The van der Waals surface area contributed by atoms with E-state index in [2.05, 4.69) is 87.8 Å². The number of rotatable bonds is 3. The van der Waals surface area contributed by atoms with Crippen LogP contribution in [-0.4, -0.2) is 21.6 Å². The van der Waals surface area contributed by atoms with Crippen LogP contribution >= 0.6 is 12.2 Å². The highest BCUT2D eigenvalue weighted by Gasteiger charge is 2.64. The highest BCUT2D eigenvalue weighted by Crippen LogP contribution is 2.50. The Kier molecular flexibility index (Phi) is 4.30. The second-order valence-electron chi connectivity index (χ2n) is 8.09. The van der Waals surface area contributed by atoms with E-state index in [9.17, 15) is 0 Å². The van der Waals surface area contributed by atoms with Gasteiger partial charge in [0.05, 0.1) is 17.1 Å². The predicted molar refractivity (Wildman–Crippen MR) is 130 cm³/mol. The van der Waals surface area contributed by atoms with Crippen molar-refractivity contribution in [1.82, 2.24) is 5.12 Å². The topological polar surface area (TPSA) is 25.3 Å². The molecular weight excluding hydrogens is 402 g/mol. The molecule has 6 rings (SSSR count). The van der Waals surface area contributed by atoms with Gasteiger partial charge in [0.25, 0.3) is 0 Å². The SMILES string of the molecule is S=C1N(c2ccccc2)N2N(c3ccccc3)N=C3CCCCC32N1c1ccccc1. The minimum atomic E-state index is -0.428. The Bertz CT molecular complexity index is 1130. The number of hydrogen-bond acceptors (Lipinski definition) is 4. The summed E-state index contributed by atoms with van der Waals surface area (Å²) in [5, 5.41) is 12.4. The molecule has 2 heterocycles. The lowest BCUT2D eigenvalue weighted by Crippen LogP contribution is -2.61. The van der Waals surface area contributed by atoms with Crippen molar-refractivity contribution in [2.24, 2.45) is 5.10 Å². The standard InChI is InChI=1S/C25H23N5S/c31-24-27(20-12-4-1-5-13-20)25-19-11-10-18-23(25)26-29(22-16-8-3-9-17-22)30(25)28(24)21-14-6-2-7-15-21/h1-9,12-17H,10-11,18-19H2. The molecule has 6 heteroatoms. The Balaban J connectivity index is 1.59. The molecule has 5 nitrogen and oxygen atoms in total. The first kappa shape index (κ1) is 18.5. The van der Waals surface area contributed by atoms with Crippen LogP contribution in [-0.2, 0) is 0 Å². The van der Waals surface area contributed by atoms with E-state index < -0.39 is 5.66 Å². The van der Waals surface area contributed by atoms with Crippen molar-refractivity contribution in [3.8, 4) is 0 Å². The monoisotopic (exact) mass is 425 g/mol. The lowest BCUT2D eigenvalue weighted by Gasteiger charge is -2.42. The molecule has 0 radical (unpaired) electrons. The van der Waals surface area contributed by atoms with Crippen molar-refractivity contribution in [2.45, 2.75) is 31.3 Å². The van der Waals surface area contributed by atoms with E-state index in [1.807, 2.05) is 23.3 Å². The van der Waals surface area contributed by atoms with E-state index in [-0.39, 0.29) is 0 Å². The number of hydrogen-bond donors (Lipinski definition) is 0. The molecule has 0 aromatic heterocycles. The van der Waals surface area contributed by atoms with E-state index >= 15 is 0 Å². The van der Waals surface area contributed by atoms with E-state index in [4.69, 9.17) is 17.3 Å². The van der Waals surface area contributed by atoms with Crippen LogP contribution in [0.4, 0.5) is 17.1 Å². The normalized spacial score (nSPS) is 23.0. The Morgan fingerprint density at radius 2 is 1.29 bits per heavy atom. The fourth-order valence-corrected chi connectivity index (χ4v) is 5.44. The van der Waals surface area contributed by atoms with Crippen molar-refractivity contribution in [1.29, 1.82) is 0 Å². The first-order valence-corrected chi connectivity index (χ1v) is 11.2. The van der Waals surface area contributed by atoms with Gasteiger partial charge in [-0.2, -0.15) is 10.2 Å². The summed E-state index contributed by atoms with van der Waals surface area (Å²) in [5.74, 6) is 0. The van der Waals surface area contributed by atoms with Crippen molar-refractivity contribution in [3.05, 3.63) is 91.0 Å². The van der Waals surface area contributed by atoms with Crippen LogP contribution < -0.4 is 15.0 Å². The molecule has 3 aliphatic rings. The van der Waals surface area contributed by atoms with Gasteiger partial charge in [-0.3, -0.25) is 4.90 Å². The molecule has 1 saturated heterocycles. The third kappa shape index (κ3) is 2.65. The number of nitrogens with zero attached hydrogens (tertiary/aromatic N) is 5. The number of hydrazine groups is 2. The molecule has 0 N–H and O–H groups in total. The zero-order chi connectivity index (χ0) is 20.8. The van der Waals surface area contributed by atoms with Gasteiger partial charge in [0.15, 0.2) is 10.8 Å². The van der Waals surface area contributed by atoms with Crippen LogP contribution in [0.2, 0.25) is 0 Å². The van der Waals surface area contributed by atoms with E-state index in [0.717, 1.165) is 47.9 Å². The highest BCUT2D eigenvalue weighted by molar-refractivity contribution is 7.80. The molecule has 0 bridgehead atoms. The molecule has 2 aliphatic heterocycles. The number of anilines is 3. The third-order valence-electron chi connectivity index (χ3n) is 6.31. The molecule has 1 saturated carbocycles. The molecule has 3 aromatic rings. The smallest absolute Gasteiger partial charge is 0.199 e. The lowest BCUT2D eigenvalue weighted by atomic mass is 9.86. The zero-order valence-electron chi connectivity index (χ0n) is 17.1. The highest BCUT2D eigenvalue weighted by atomic mass is 32.1. The third-order valence-corrected chi connectivity index (χ3v) is 6.67. The minimum Gasteiger partial charge on any atom is -0.289 e. The molecule has 31 heavy (non-hydrogen) atoms. The average Bonchev–Trinajstić information content (AvgIpc) is 3.29. The fraction of sp³-hybridized carbons (Fsp3) is 0.200. The van der Waals surface area contributed by atoms with E-state index in [1.165, 1.54) is 5.71 Å². The molecule has 154 valence electrons. The quantitative estimate of drug-likeness (QED) is 0.511. The van der Waals surface area contributed by atoms with Gasteiger partial charge in [-0.1, -0.05) is 59.7 Å². The Labute approximate surface area is 187 Å². The summed E-state index contributed by atoms with van der Waals surface area (Å²) in [5.41, 5.74) is 3.91.